The Bertz CT molecular complexity index is 541. The highest BCUT2D eigenvalue weighted by atomic mass is 32.1. The molecule has 2 aromatic heterocycles. The number of hydrogen-bond donors (Lipinski definition) is 1. The average molecular weight is 269 g/mol. The maximum Gasteiger partial charge on any atom is 0.307 e. The van der Waals surface area contributed by atoms with Gasteiger partial charge in [0, 0.05) is 28.7 Å². The van der Waals surface area contributed by atoms with E-state index in [2.05, 4.69) is 17.2 Å². The highest BCUT2D eigenvalue weighted by Gasteiger charge is 2.06. The molecule has 2 heterocycles. The smallest absolute Gasteiger partial charge is 0.307 e. The van der Waals surface area contributed by atoms with Crippen molar-refractivity contribution in [3.05, 3.63) is 31.8 Å². The molecule has 2 aromatic rings. The van der Waals surface area contributed by atoms with Gasteiger partial charge in [0.25, 0.3) is 0 Å². The minimum atomic E-state index is 0.0963. The van der Waals surface area contributed by atoms with E-state index in [9.17, 15) is 4.79 Å². The van der Waals surface area contributed by atoms with Crippen LogP contribution in [0.1, 0.15) is 23.9 Å². The first-order valence-electron chi connectivity index (χ1n) is 5.54. The molecular weight excluding hydrogens is 254 g/mol. The second-order valence-corrected chi connectivity index (χ2v) is 5.72. The number of hydrogen-bond acceptors (Lipinski definition) is 5. The molecule has 0 saturated heterocycles. The predicted molar refractivity (Wildman–Crippen MR) is 73.3 cm³/mol. The highest BCUT2D eigenvalue weighted by Crippen LogP contribution is 2.19. The van der Waals surface area contributed by atoms with Gasteiger partial charge in [-0.3, -0.25) is 9.36 Å². The number of thiazole rings is 2. The van der Waals surface area contributed by atoms with Gasteiger partial charge in [-0.1, -0.05) is 18.3 Å². The monoisotopic (exact) mass is 269 g/mol. The molecule has 0 aliphatic rings. The molecule has 0 aliphatic carbocycles. The molecule has 6 heteroatoms. The summed E-state index contributed by atoms with van der Waals surface area (Å²) in [6.45, 7) is 5.63. The Morgan fingerprint density at radius 3 is 3.00 bits per heavy atom. The van der Waals surface area contributed by atoms with Crippen molar-refractivity contribution in [2.45, 2.75) is 26.8 Å². The fourth-order valence-corrected chi connectivity index (χ4v) is 3.01. The van der Waals surface area contributed by atoms with Gasteiger partial charge in [0.05, 0.1) is 6.54 Å². The van der Waals surface area contributed by atoms with E-state index in [1.165, 1.54) is 11.3 Å². The maximum atomic E-state index is 11.6. The summed E-state index contributed by atoms with van der Waals surface area (Å²) in [5.41, 5.74) is 1.01. The minimum absolute atomic E-state index is 0.0963. The molecule has 0 radical (unpaired) electrons. The van der Waals surface area contributed by atoms with Crippen LogP contribution in [0.3, 0.4) is 0 Å². The molecule has 0 amide bonds. The molecule has 17 heavy (non-hydrogen) atoms. The lowest BCUT2D eigenvalue weighted by Gasteiger charge is -2.00. The van der Waals surface area contributed by atoms with E-state index in [4.69, 9.17) is 0 Å². The summed E-state index contributed by atoms with van der Waals surface area (Å²) in [6.07, 6.45) is 2.92. The normalized spacial score (nSPS) is 10.7. The maximum absolute atomic E-state index is 11.6. The van der Waals surface area contributed by atoms with Crippen molar-refractivity contribution in [3.63, 3.8) is 0 Å². The molecule has 0 fully saturated rings. The van der Waals surface area contributed by atoms with Gasteiger partial charge < -0.3 is 5.32 Å². The SMILES string of the molecule is CCCNc1ncc(Cn2c(C)csc2=O)s1. The number of anilines is 1. The zero-order valence-electron chi connectivity index (χ0n) is 9.90. The number of nitrogens with zero attached hydrogens (tertiary/aromatic N) is 2. The van der Waals surface area contributed by atoms with E-state index in [0.29, 0.717) is 6.54 Å². The van der Waals surface area contributed by atoms with Crippen LogP contribution in [0.4, 0.5) is 5.13 Å². The molecule has 0 saturated carbocycles. The van der Waals surface area contributed by atoms with Crippen molar-refractivity contribution >= 4 is 27.8 Å². The molecular formula is C11H15N3OS2. The third-order valence-corrected chi connectivity index (χ3v) is 4.19. The van der Waals surface area contributed by atoms with Crippen LogP contribution in [-0.4, -0.2) is 16.1 Å². The van der Waals surface area contributed by atoms with Crippen LogP contribution in [0.5, 0.6) is 0 Å². The van der Waals surface area contributed by atoms with Crippen molar-refractivity contribution in [2.24, 2.45) is 0 Å². The van der Waals surface area contributed by atoms with Gasteiger partial charge in [0.1, 0.15) is 0 Å². The topological polar surface area (TPSA) is 46.9 Å². The molecule has 0 bridgehead atoms. The Kier molecular flexibility index (Phi) is 3.96. The summed E-state index contributed by atoms with van der Waals surface area (Å²) in [5, 5.41) is 6.07. The summed E-state index contributed by atoms with van der Waals surface area (Å²) in [4.78, 5) is 17.1. The Balaban J connectivity index is 2.09. The van der Waals surface area contributed by atoms with E-state index in [1.807, 2.05) is 18.5 Å². The zero-order chi connectivity index (χ0) is 12.3. The summed E-state index contributed by atoms with van der Waals surface area (Å²) < 4.78 is 1.78. The van der Waals surface area contributed by atoms with Crippen LogP contribution in [0.25, 0.3) is 0 Å². The first kappa shape index (κ1) is 12.3. The summed E-state index contributed by atoms with van der Waals surface area (Å²) in [5.74, 6) is 0. The van der Waals surface area contributed by atoms with Gasteiger partial charge in [-0.25, -0.2) is 4.98 Å². The van der Waals surface area contributed by atoms with E-state index < -0.39 is 0 Å². The fourth-order valence-electron chi connectivity index (χ4n) is 1.45. The quantitative estimate of drug-likeness (QED) is 0.907. The van der Waals surface area contributed by atoms with E-state index in [-0.39, 0.29) is 4.87 Å². The van der Waals surface area contributed by atoms with Crippen molar-refractivity contribution < 1.29 is 0 Å². The van der Waals surface area contributed by atoms with Gasteiger partial charge >= 0.3 is 4.87 Å². The number of aromatic nitrogens is 2. The standard InChI is InChI=1S/C11H15N3OS2/c1-3-4-12-10-13-5-9(17-10)6-14-8(2)7-16-11(14)15/h5,7H,3-4,6H2,1-2H3,(H,12,13). The number of rotatable bonds is 5. The summed E-state index contributed by atoms with van der Waals surface area (Å²) >= 11 is 2.86. The molecule has 0 spiro atoms. The lowest BCUT2D eigenvalue weighted by Crippen LogP contribution is -2.14. The third-order valence-electron chi connectivity index (χ3n) is 2.37. The second kappa shape index (κ2) is 5.46. The van der Waals surface area contributed by atoms with Gasteiger partial charge in [0.2, 0.25) is 0 Å². The van der Waals surface area contributed by atoms with E-state index in [0.717, 1.165) is 28.7 Å². The molecule has 0 unspecified atom stereocenters. The molecule has 0 aromatic carbocycles. The summed E-state index contributed by atoms with van der Waals surface area (Å²) in [7, 11) is 0. The largest absolute Gasteiger partial charge is 0.362 e. The molecule has 1 N–H and O–H groups in total. The Morgan fingerprint density at radius 1 is 1.53 bits per heavy atom. The van der Waals surface area contributed by atoms with E-state index >= 15 is 0 Å². The summed E-state index contributed by atoms with van der Waals surface area (Å²) in [6, 6.07) is 0. The van der Waals surface area contributed by atoms with Crippen LogP contribution in [-0.2, 0) is 6.54 Å². The highest BCUT2D eigenvalue weighted by molar-refractivity contribution is 7.15. The molecule has 92 valence electrons. The fraction of sp³-hybridized carbons (Fsp3) is 0.455. The van der Waals surface area contributed by atoms with Crippen LogP contribution < -0.4 is 10.2 Å². The third kappa shape index (κ3) is 2.95. The second-order valence-electron chi connectivity index (χ2n) is 3.79. The van der Waals surface area contributed by atoms with Crippen LogP contribution in [0.2, 0.25) is 0 Å². The Morgan fingerprint density at radius 2 is 2.35 bits per heavy atom. The van der Waals surface area contributed by atoms with Crippen molar-refractivity contribution in [2.75, 3.05) is 11.9 Å². The van der Waals surface area contributed by atoms with Crippen LogP contribution in [0.15, 0.2) is 16.4 Å². The first-order valence-corrected chi connectivity index (χ1v) is 7.24. The van der Waals surface area contributed by atoms with Gasteiger partial charge in [-0.05, 0) is 13.3 Å². The lowest BCUT2D eigenvalue weighted by atomic mass is 10.5. The lowest BCUT2D eigenvalue weighted by molar-refractivity contribution is 0.764. The van der Waals surface area contributed by atoms with Crippen molar-refractivity contribution in [1.82, 2.24) is 9.55 Å². The van der Waals surface area contributed by atoms with Gasteiger partial charge in [-0.15, -0.1) is 11.3 Å². The van der Waals surface area contributed by atoms with Crippen LogP contribution >= 0.6 is 22.7 Å². The zero-order valence-corrected chi connectivity index (χ0v) is 11.5. The molecule has 4 nitrogen and oxygen atoms in total. The first-order chi connectivity index (χ1) is 8.20. The average Bonchev–Trinajstić information content (AvgIpc) is 2.88. The Labute approximate surface area is 108 Å². The Hall–Kier alpha value is -1.14. The molecule has 0 atom stereocenters. The predicted octanol–water partition coefficient (Wildman–Crippen LogP) is 2.54. The van der Waals surface area contributed by atoms with Crippen molar-refractivity contribution in [3.8, 4) is 0 Å². The van der Waals surface area contributed by atoms with Crippen molar-refractivity contribution in [1.29, 1.82) is 0 Å². The van der Waals surface area contributed by atoms with Gasteiger partial charge in [-0.2, -0.15) is 0 Å². The number of aryl methyl sites for hydroxylation is 1. The molecule has 0 aliphatic heterocycles. The van der Waals surface area contributed by atoms with Gasteiger partial charge in [0.15, 0.2) is 5.13 Å². The van der Waals surface area contributed by atoms with E-state index in [1.54, 1.807) is 15.9 Å². The number of nitrogens with one attached hydrogen (secondary N) is 1. The minimum Gasteiger partial charge on any atom is -0.362 e. The molecule has 2 rings (SSSR count). The van der Waals surface area contributed by atoms with Crippen LogP contribution in [0, 0.1) is 6.92 Å².